The monoisotopic (exact) mass is 319 g/mol. The van der Waals surface area contributed by atoms with Crippen LogP contribution in [0.5, 0.6) is 0 Å². The van der Waals surface area contributed by atoms with Gasteiger partial charge in [0.1, 0.15) is 0 Å². The molecule has 0 aromatic heterocycles. The molecular weight excluding hydrogens is 308 g/mol. The Balaban J connectivity index is 0.000001000. The molecule has 0 spiro atoms. The molecule has 0 heterocycles. The maximum atomic E-state index is 5.45. The van der Waals surface area contributed by atoms with Crippen molar-refractivity contribution in [2.75, 3.05) is 0 Å². The van der Waals surface area contributed by atoms with Gasteiger partial charge in [0.05, 0.1) is 0 Å². The second-order valence-electron chi connectivity index (χ2n) is 2.29. The third-order valence-electron chi connectivity index (χ3n) is 1.34. The van der Waals surface area contributed by atoms with Crippen molar-refractivity contribution in [3.63, 3.8) is 0 Å². The van der Waals surface area contributed by atoms with Crippen molar-refractivity contribution >= 4 is 5.70 Å². The second kappa shape index (κ2) is 4.33. The molecule has 0 fully saturated rings. The first kappa shape index (κ1) is 10.4. The van der Waals surface area contributed by atoms with Crippen LogP contribution in [-0.4, -0.2) is 0 Å². The summed E-state index contributed by atoms with van der Waals surface area (Å²) in [5.74, 6) is 0. The maximum absolute atomic E-state index is 5.45. The molecule has 0 saturated heterocycles. The van der Waals surface area contributed by atoms with Crippen LogP contribution >= 0.6 is 0 Å². The van der Waals surface area contributed by atoms with E-state index in [1.165, 1.54) is 0 Å². The van der Waals surface area contributed by atoms with Gasteiger partial charge in [0, 0.05) is 20.4 Å². The number of hydrogen-bond acceptors (Lipinski definition) is 1. The maximum Gasteiger partial charge on any atom is 0 e. The van der Waals surface area contributed by atoms with E-state index >= 15 is 0 Å². The molecule has 1 radical (unpaired) electrons. The molecule has 1 aromatic carbocycles. The summed E-state index contributed by atoms with van der Waals surface area (Å²) in [6.45, 7) is 5.60. The molecule has 1 nitrogen and oxygen atoms in total. The molecule has 0 saturated carbocycles. The largest absolute Gasteiger partial charge is 0.409 e. The minimum atomic E-state index is 0. The fourth-order valence-corrected chi connectivity index (χ4v) is 0.702. The minimum absolute atomic E-state index is 0. The second-order valence-corrected chi connectivity index (χ2v) is 2.29. The number of aryl methyl sites for hydroxylation is 1. The first-order chi connectivity index (χ1) is 4.70. The summed E-state index contributed by atoms with van der Waals surface area (Å²) in [6.07, 6.45) is 0. The van der Waals surface area contributed by atoms with Crippen LogP contribution in [0.1, 0.15) is 11.1 Å². The zero-order valence-electron chi connectivity index (χ0n) is 6.39. The number of hydrogen-bond donors (Lipinski definition) is 1. The third-order valence-corrected chi connectivity index (χ3v) is 1.34. The van der Waals surface area contributed by atoms with Crippen molar-refractivity contribution in [2.24, 2.45) is 5.73 Å². The molecule has 0 aliphatic carbocycles. The van der Waals surface area contributed by atoms with Crippen LogP contribution in [0.4, 0.5) is 0 Å². The van der Waals surface area contributed by atoms with Crippen LogP contribution in [0.2, 0.25) is 0 Å². The van der Waals surface area contributed by atoms with Crippen LogP contribution in [0.25, 0.3) is 5.70 Å². The van der Waals surface area contributed by atoms with Crippen LogP contribution < -0.4 is 5.73 Å². The Morgan fingerprint density at radius 1 is 1.55 bits per heavy atom. The smallest absolute Gasteiger partial charge is 0 e. The van der Waals surface area contributed by atoms with Crippen molar-refractivity contribution in [2.45, 2.75) is 6.92 Å². The first-order valence-corrected chi connectivity index (χ1v) is 3.13. The van der Waals surface area contributed by atoms with Gasteiger partial charge >= 0.3 is 0 Å². The van der Waals surface area contributed by atoms with Crippen molar-refractivity contribution in [3.8, 4) is 0 Å². The normalized spacial score (nSPS) is 8.45. The van der Waals surface area contributed by atoms with E-state index in [4.69, 9.17) is 5.73 Å². The molecule has 59 valence electrons. The molecule has 2 heteroatoms. The Kier molecular flexibility index (Phi) is 4.10. The van der Waals surface area contributed by atoms with Gasteiger partial charge in [-0.15, -0.1) is 5.56 Å². The van der Waals surface area contributed by atoms with Crippen LogP contribution in [0.3, 0.4) is 0 Å². The van der Waals surface area contributed by atoms with Crippen LogP contribution in [0, 0.1) is 13.0 Å². The van der Waals surface area contributed by atoms with E-state index in [0.717, 1.165) is 11.1 Å². The van der Waals surface area contributed by atoms with Crippen molar-refractivity contribution in [3.05, 3.63) is 42.0 Å². The average molecular weight is 318 g/mol. The molecule has 1 rings (SSSR count). The zero-order chi connectivity index (χ0) is 7.56. The van der Waals surface area contributed by atoms with Crippen LogP contribution in [0.15, 0.2) is 24.8 Å². The molecule has 11 heavy (non-hydrogen) atoms. The van der Waals surface area contributed by atoms with Crippen molar-refractivity contribution in [1.82, 2.24) is 0 Å². The summed E-state index contributed by atoms with van der Waals surface area (Å²) in [4.78, 5) is 0. The van der Waals surface area contributed by atoms with E-state index < -0.39 is 0 Å². The van der Waals surface area contributed by atoms with Gasteiger partial charge < -0.3 is 5.73 Å². The summed E-state index contributed by atoms with van der Waals surface area (Å²) < 4.78 is 0. The average Bonchev–Trinajstić information content (AvgIpc) is 1.88. The van der Waals surface area contributed by atoms with Gasteiger partial charge in [-0.05, 0) is 5.70 Å². The van der Waals surface area contributed by atoms with Crippen molar-refractivity contribution in [1.29, 1.82) is 0 Å². The Morgan fingerprint density at radius 3 is 2.55 bits per heavy atom. The fraction of sp³-hybridized carbons (Fsp3) is 0.111. The Hall–Kier alpha value is -0.578. The van der Waals surface area contributed by atoms with Gasteiger partial charge in [-0.25, -0.2) is 0 Å². The van der Waals surface area contributed by atoms with E-state index in [9.17, 15) is 0 Å². The molecule has 0 aliphatic rings. The molecular formula is C9H10NRe-. The summed E-state index contributed by atoms with van der Waals surface area (Å²) in [7, 11) is 0. The van der Waals surface area contributed by atoms with Gasteiger partial charge in [-0.2, -0.15) is 29.8 Å². The SMILES string of the molecule is C=C(N)c1c[c-]c(C)cc1.[Re]. The van der Waals surface area contributed by atoms with Crippen molar-refractivity contribution < 1.29 is 20.4 Å². The number of rotatable bonds is 1. The quantitative estimate of drug-likeness (QED) is 0.784. The molecule has 2 N–H and O–H groups in total. The summed E-state index contributed by atoms with van der Waals surface area (Å²) in [5, 5.41) is 0. The zero-order valence-corrected chi connectivity index (χ0v) is 9.11. The van der Waals surface area contributed by atoms with E-state index in [0.29, 0.717) is 5.70 Å². The predicted molar refractivity (Wildman–Crippen MR) is 43.2 cm³/mol. The van der Waals surface area contributed by atoms with Gasteiger partial charge in [0.25, 0.3) is 0 Å². The standard InChI is InChI=1S/C9H10N.Re/c1-7-3-5-9(6-4-7)8(2)10;/h3,5-6H,2,10H2,1H3;/q-1;. The van der Waals surface area contributed by atoms with Gasteiger partial charge in [-0.3, -0.25) is 0 Å². The molecule has 0 unspecified atom stereocenters. The summed E-state index contributed by atoms with van der Waals surface area (Å²) in [6, 6.07) is 8.79. The van der Waals surface area contributed by atoms with Gasteiger partial charge in [0.15, 0.2) is 0 Å². The van der Waals surface area contributed by atoms with Gasteiger partial charge in [0.2, 0.25) is 0 Å². The van der Waals surface area contributed by atoms with E-state index in [2.05, 4.69) is 12.6 Å². The predicted octanol–water partition coefficient (Wildman–Crippen LogP) is 1.72. The van der Waals surface area contributed by atoms with Crippen LogP contribution in [-0.2, 0) is 20.4 Å². The van der Waals surface area contributed by atoms with Gasteiger partial charge in [-0.1, -0.05) is 13.5 Å². The molecule has 0 atom stereocenters. The molecule has 0 aliphatic heterocycles. The number of benzene rings is 1. The fourth-order valence-electron chi connectivity index (χ4n) is 0.702. The Morgan fingerprint density at radius 2 is 2.18 bits per heavy atom. The summed E-state index contributed by atoms with van der Waals surface area (Å²) >= 11 is 0. The summed E-state index contributed by atoms with van der Waals surface area (Å²) in [5.41, 5.74) is 8.11. The first-order valence-electron chi connectivity index (χ1n) is 3.13. The number of nitrogens with two attached hydrogens (primary N) is 1. The minimum Gasteiger partial charge on any atom is -0.409 e. The molecule has 0 bridgehead atoms. The Labute approximate surface area is 81.0 Å². The van der Waals surface area contributed by atoms with E-state index in [-0.39, 0.29) is 20.4 Å². The third kappa shape index (κ3) is 2.88. The molecule has 0 amide bonds. The Bertz CT molecular complexity index is 238. The molecule has 1 aromatic rings. The van der Waals surface area contributed by atoms with E-state index in [1.54, 1.807) is 0 Å². The topological polar surface area (TPSA) is 26.0 Å². The van der Waals surface area contributed by atoms with E-state index in [1.807, 2.05) is 25.1 Å².